The van der Waals surface area contributed by atoms with Gasteiger partial charge < -0.3 is 5.32 Å². The molecule has 0 bridgehead atoms. The van der Waals surface area contributed by atoms with E-state index in [0.29, 0.717) is 23.0 Å². The molecule has 0 amide bonds. The highest BCUT2D eigenvalue weighted by Gasteiger charge is 2.14. The van der Waals surface area contributed by atoms with Crippen molar-refractivity contribution in [1.82, 2.24) is 5.32 Å². The molecule has 102 valence electrons. The molecule has 0 aliphatic heterocycles. The van der Waals surface area contributed by atoms with Crippen LogP contribution in [0.1, 0.15) is 24.8 Å². The lowest BCUT2D eigenvalue weighted by Gasteiger charge is -2.18. The molecule has 4 nitrogen and oxygen atoms in total. The van der Waals surface area contributed by atoms with Crippen molar-refractivity contribution >= 4 is 17.3 Å². The number of rotatable bonds is 5. The minimum Gasteiger partial charge on any atom is -0.312 e. The zero-order valence-electron chi connectivity index (χ0n) is 10.6. The average Bonchev–Trinajstić information content (AvgIpc) is 2.39. The maximum Gasteiger partial charge on any atom is 0.273 e. The van der Waals surface area contributed by atoms with Crippen molar-refractivity contribution < 1.29 is 4.92 Å². The van der Waals surface area contributed by atoms with Crippen LogP contribution in [0.15, 0.2) is 30.4 Å². The van der Waals surface area contributed by atoms with Crippen LogP contribution in [0.4, 0.5) is 5.69 Å². The smallest absolute Gasteiger partial charge is 0.273 e. The van der Waals surface area contributed by atoms with E-state index in [1.165, 1.54) is 12.5 Å². The minimum atomic E-state index is -0.364. The number of hydrogen-bond acceptors (Lipinski definition) is 3. The van der Waals surface area contributed by atoms with Crippen molar-refractivity contribution in [2.24, 2.45) is 5.92 Å². The molecule has 1 unspecified atom stereocenters. The zero-order chi connectivity index (χ0) is 13.7. The summed E-state index contributed by atoms with van der Waals surface area (Å²) in [5.41, 5.74) is 0.768. The molecule has 5 heteroatoms. The molecule has 0 spiro atoms. The summed E-state index contributed by atoms with van der Waals surface area (Å²) >= 11 is 5.89. The summed E-state index contributed by atoms with van der Waals surface area (Å²) in [5.74, 6) is 0.628. The third-order valence-electron chi connectivity index (χ3n) is 3.36. The Bertz CT molecular complexity index is 488. The van der Waals surface area contributed by atoms with Crippen molar-refractivity contribution in [2.75, 3.05) is 6.54 Å². The Balaban J connectivity index is 1.93. The Hall–Kier alpha value is -1.39. The van der Waals surface area contributed by atoms with Crippen molar-refractivity contribution in [3.8, 4) is 0 Å². The molecule has 2 rings (SSSR count). The van der Waals surface area contributed by atoms with Gasteiger partial charge in [0.25, 0.3) is 5.69 Å². The molecule has 1 aliphatic rings. The van der Waals surface area contributed by atoms with Crippen LogP contribution in [0.3, 0.4) is 0 Å². The van der Waals surface area contributed by atoms with E-state index in [1.807, 2.05) is 0 Å². The lowest BCUT2D eigenvalue weighted by Crippen LogP contribution is -2.23. The highest BCUT2D eigenvalue weighted by Crippen LogP contribution is 2.23. The Morgan fingerprint density at radius 2 is 2.26 bits per heavy atom. The molecule has 19 heavy (non-hydrogen) atoms. The number of benzene rings is 1. The maximum absolute atomic E-state index is 10.9. The van der Waals surface area contributed by atoms with Crippen molar-refractivity contribution in [2.45, 2.75) is 25.8 Å². The van der Waals surface area contributed by atoms with E-state index in [4.69, 9.17) is 11.6 Å². The van der Waals surface area contributed by atoms with E-state index in [9.17, 15) is 10.1 Å². The lowest BCUT2D eigenvalue weighted by atomic mass is 9.94. The van der Waals surface area contributed by atoms with Crippen LogP contribution in [0.5, 0.6) is 0 Å². The molecule has 0 aromatic heterocycles. The van der Waals surface area contributed by atoms with E-state index in [1.54, 1.807) is 12.1 Å². The van der Waals surface area contributed by atoms with E-state index >= 15 is 0 Å². The third kappa shape index (κ3) is 4.04. The van der Waals surface area contributed by atoms with Gasteiger partial charge in [-0.1, -0.05) is 23.8 Å². The van der Waals surface area contributed by atoms with Crippen LogP contribution in [0.2, 0.25) is 5.02 Å². The normalized spacial score (nSPS) is 18.5. The second kappa shape index (κ2) is 6.68. The van der Waals surface area contributed by atoms with Gasteiger partial charge in [0.05, 0.1) is 4.92 Å². The summed E-state index contributed by atoms with van der Waals surface area (Å²) in [4.78, 5) is 10.6. The van der Waals surface area contributed by atoms with Gasteiger partial charge in [-0.25, -0.2) is 0 Å². The number of allylic oxidation sites excluding steroid dienone is 2. The highest BCUT2D eigenvalue weighted by atomic mass is 35.5. The molecule has 1 aromatic carbocycles. The fraction of sp³-hybridized carbons (Fsp3) is 0.429. The van der Waals surface area contributed by atoms with Gasteiger partial charge in [0.15, 0.2) is 0 Å². The molecule has 1 aliphatic carbocycles. The predicted molar refractivity (Wildman–Crippen MR) is 76.3 cm³/mol. The number of nitro groups is 1. The highest BCUT2D eigenvalue weighted by molar-refractivity contribution is 6.30. The Labute approximate surface area is 117 Å². The van der Waals surface area contributed by atoms with Gasteiger partial charge in [0.2, 0.25) is 0 Å². The lowest BCUT2D eigenvalue weighted by molar-refractivity contribution is -0.385. The van der Waals surface area contributed by atoms with Gasteiger partial charge in [0, 0.05) is 23.2 Å². The summed E-state index contributed by atoms with van der Waals surface area (Å²) in [5, 5.41) is 14.8. The van der Waals surface area contributed by atoms with Gasteiger partial charge in [-0.3, -0.25) is 10.1 Å². The quantitative estimate of drug-likeness (QED) is 0.508. The van der Waals surface area contributed by atoms with E-state index < -0.39 is 0 Å². The fourth-order valence-corrected chi connectivity index (χ4v) is 2.52. The van der Waals surface area contributed by atoms with E-state index in [-0.39, 0.29) is 10.6 Å². The monoisotopic (exact) mass is 280 g/mol. The van der Waals surface area contributed by atoms with Crippen LogP contribution in [-0.4, -0.2) is 11.5 Å². The number of halogens is 1. The Morgan fingerprint density at radius 3 is 2.95 bits per heavy atom. The van der Waals surface area contributed by atoms with Gasteiger partial charge >= 0.3 is 0 Å². The molecule has 0 saturated carbocycles. The molecule has 0 fully saturated rings. The summed E-state index contributed by atoms with van der Waals surface area (Å²) in [6, 6.07) is 4.67. The number of nitrogens with zero attached hydrogens (tertiary/aromatic N) is 1. The van der Waals surface area contributed by atoms with E-state index in [2.05, 4.69) is 17.5 Å². The minimum absolute atomic E-state index is 0.125. The van der Waals surface area contributed by atoms with Gasteiger partial charge in [-0.05, 0) is 43.9 Å². The van der Waals surface area contributed by atoms with Crippen LogP contribution < -0.4 is 5.32 Å². The molecular weight excluding hydrogens is 264 g/mol. The topological polar surface area (TPSA) is 55.2 Å². The standard InChI is InChI=1S/C14H17ClN2O2/c15-13-6-7-14(17(18)19)12(8-13)10-16-9-11-4-2-1-3-5-11/h1-2,6-8,11,16H,3-5,9-10H2. The van der Waals surface area contributed by atoms with Gasteiger partial charge in [0.1, 0.15) is 0 Å². The molecular formula is C14H17ClN2O2. The molecule has 1 atom stereocenters. The SMILES string of the molecule is O=[N+]([O-])c1ccc(Cl)cc1CNCC1CC=CCC1. The van der Waals surface area contributed by atoms with Crippen molar-refractivity contribution in [3.05, 3.63) is 51.1 Å². The summed E-state index contributed by atoms with van der Waals surface area (Å²) in [7, 11) is 0. The summed E-state index contributed by atoms with van der Waals surface area (Å²) < 4.78 is 0. The fourth-order valence-electron chi connectivity index (χ4n) is 2.33. The largest absolute Gasteiger partial charge is 0.312 e. The van der Waals surface area contributed by atoms with Crippen LogP contribution in [0.25, 0.3) is 0 Å². The summed E-state index contributed by atoms with van der Waals surface area (Å²) in [6.07, 6.45) is 7.81. The Kier molecular flexibility index (Phi) is 4.93. The average molecular weight is 281 g/mol. The van der Waals surface area contributed by atoms with Crippen LogP contribution in [0, 0.1) is 16.0 Å². The first kappa shape index (κ1) is 14.0. The second-order valence-corrected chi connectivity index (χ2v) is 5.25. The second-order valence-electron chi connectivity index (χ2n) is 4.81. The number of nitro benzene ring substituents is 1. The Morgan fingerprint density at radius 1 is 1.42 bits per heavy atom. The summed E-state index contributed by atoms with van der Waals surface area (Å²) in [6.45, 7) is 1.37. The molecule has 0 heterocycles. The first-order valence-electron chi connectivity index (χ1n) is 6.45. The van der Waals surface area contributed by atoms with Gasteiger partial charge in [-0.2, -0.15) is 0 Å². The van der Waals surface area contributed by atoms with E-state index in [0.717, 1.165) is 19.4 Å². The van der Waals surface area contributed by atoms with Crippen LogP contribution in [-0.2, 0) is 6.54 Å². The first-order valence-corrected chi connectivity index (χ1v) is 6.83. The molecule has 0 radical (unpaired) electrons. The first-order chi connectivity index (χ1) is 9.16. The third-order valence-corrected chi connectivity index (χ3v) is 3.60. The number of nitrogens with one attached hydrogen (secondary N) is 1. The zero-order valence-corrected chi connectivity index (χ0v) is 11.4. The molecule has 0 saturated heterocycles. The van der Waals surface area contributed by atoms with Crippen molar-refractivity contribution in [1.29, 1.82) is 0 Å². The maximum atomic E-state index is 10.9. The molecule has 1 N–H and O–H groups in total. The van der Waals surface area contributed by atoms with Crippen LogP contribution >= 0.6 is 11.6 Å². The van der Waals surface area contributed by atoms with Crippen molar-refractivity contribution in [3.63, 3.8) is 0 Å². The van der Waals surface area contributed by atoms with Gasteiger partial charge in [-0.15, -0.1) is 0 Å². The number of hydrogen-bond donors (Lipinski definition) is 1. The molecule has 1 aromatic rings. The predicted octanol–water partition coefficient (Wildman–Crippen LogP) is 3.69.